The number of aromatic nitrogens is 1. The van der Waals surface area contributed by atoms with Gasteiger partial charge in [0.2, 0.25) is 0 Å². The standard InChI is InChI=1S/C32H36ClF2N3O4/c1-2-4-30(40)42-19-25-18-41-26(16-38-25)11-12-27-22(15-37-17-28(27)35)14-29(39)32(36)31(20-7-9-24(34)10-8-20)21-5-3-6-23(33)13-21/h3,5-10,13,15,17,25-26,31-32,38H,2,4,11-12,14,16,18-19,36H2,1H3/t25-,26+,31-,32+/m0/s1. The Morgan fingerprint density at radius 2 is 1.95 bits per heavy atom. The van der Waals surface area contributed by atoms with Crippen molar-refractivity contribution in [2.24, 2.45) is 5.73 Å². The number of nitrogens with one attached hydrogen (secondary N) is 1. The third kappa shape index (κ3) is 8.64. The van der Waals surface area contributed by atoms with E-state index in [0.717, 1.165) is 12.6 Å². The van der Waals surface area contributed by atoms with Crippen molar-refractivity contribution >= 4 is 23.4 Å². The fraction of sp³-hybridized carbons (Fsp3) is 0.406. The molecule has 0 aliphatic carbocycles. The molecule has 7 nitrogen and oxygen atoms in total. The quantitative estimate of drug-likeness (QED) is 0.269. The molecule has 0 bridgehead atoms. The molecule has 2 aromatic carbocycles. The maximum atomic E-state index is 15.0. The Balaban J connectivity index is 1.41. The van der Waals surface area contributed by atoms with Gasteiger partial charge in [0.05, 0.1) is 31.0 Å². The summed E-state index contributed by atoms with van der Waals surface area (Å²) in [7, 11) is 0. The molecule has 0 unspecified atom stereocenters. The molecule has 0 radical (unpaired) electrons. The zero-order chi connectivity index (χ0) is 30.1. The molecule has 1 saturated heterocycles. The number of ketones is 1. The molecule has 1 aliphatic rings. The van der Waals surface area contributed by atoms with Gasteiger partial charge in [0, 0.05) is 36.5 Å². The van der Waals surface area contributed by atoms with Crippen LogP contribution in [0.4, 0.5) is 8.78 Å². The van der Waals surface area contributed by atoms with E-state index in [9.17, 15) is 18.4 Å². The van der Waals surface area contributed by atoms with Crippen LogP contribution < -0.4 is 11.1 Å². The molecule has 0 spiro atoms. The Morgan fingerprint density at radius 1 is 1.17 bits per heavy atom. The van der Waals surface area contributed by atoms with Crippen molar-refractivity contribution < 1.29 is 27.8 Å². The number of hydrogen-bond acceptors (Lipinski definition) is 7. The Hall–Kier alpha value is -3.24. The van der Waals surface area contributed by atoms with Gasteiger partial charge in [-0.3, -0.25) is 14.6 Å². The van der Waals surface area contributed by atoms with Gasteiger partial charge in [0.25, 0.3) is 0 Å². The van der Waals surface area contributed by atoms with Gasteiger partial charge in [-0.1, -0.05) is 42.8 Å². The van der Waals surface area contributed by atoms with E-state index in [1.165, 1.54) is 18.3 Å². The first-order valence-corrected chi connectivity index (χ1v) is 14.5. The van der Waals surface area contributed by atoms with E-state index in [1.54, 1.807) is 30.3 Å². The summed E-state index contributed by atoms with van der Waals surface area (Å²) in [4.78, 5) is 29.2. The number of nitrogens with zero attached hydrogens (tertiary/aromatic N) is 1. The molecule has 1 aliphatic heterocycles. The average Bonchev–Trinajstić information content (AvgIpc) is 2.97. The normalized spacial score (nSPS) is 18.3. The zero-order valence-electron chi connectivity index (χ0n) is 23.5. The number of carbonyl (C=O) groups is 2. The van der Waals surface area contributed by atoms with Gasteiger partial charge < -0.3 is 20.5 Å². The number of esters is 1. The second-order valence-corrected chi connectivity index (χ2v) is 11.0. The highest BCUT2D eigenvalue weighted by atomic mass is 35.5. The fourth-order valence-electron chi connectivity index (χ4n) is 5.14. The Kier molecular flexibility index (Phi) is 11.5. The summed E-state index contributed by atoms with van der Waals surface area (Å²) in [6.45, 7) is 3.06. The maximum Gasteiger partial charge on any atom is 0.305 e. The van der Waals surface area contributed by atoms with E-state index in [1.807, 2.05) is 13.0 Å². The highest BCUT2D eigenvalue weighted by Gasteiger charge is 2.29. The predicted molar refractivity (Wildman–Crippen MR) is 156 cm³/mol. The fourth-order valence-corrected chi connectivity index (χ4v) is 5.34. The molecule has 1 aromatic heterocycles. The zero-order valence-corrected chi connectivity index (χ0v) is 24.3. The number of pyridine rings is 1. The molecule has 2 heterocycles. The number of Topliss-reactive ketones (excluding diaryl/α,β-unsaturated/α-hetero) is 1. The Bertz CT molecular complexity index is 1350. The molecule has 1 fully saturated rings. The number of morpholine rings is 1. The monoisotopic (exact) mass is 599 g/mol. The first-order valence-electron chi connectivity index (χ1n) is 14.2. The van der Waals surface area contributed by atoms with Gasteiger partial charge >= 0.3 is 5.97 Å². The molecule has 3 N–H and O–H groups in total. The van der Waals surface area contributed by atoms with E-state index in [0.29, 0.717) is 59.7 Å². The largest absolute Gasteiger partial charge is 0.464 e. The third-order valence-electron chi connectivity index (χ3n) is 7.41. The molecule has 0 amide bonds. The summed E-state index contributed by atoms with van der Waals surface area (Å²) >= 11 is 6.23. The minimum absolute atomic E-state index is 0.0945. The molecule has 42 heavy (non-hydrogen) atoms. The Labute approximate surface area is 249 Å². The van der Waals surface area contributed by atoms with Gasteiger partial charge in [-0.2, -0.15) is 0 Å². The van der Waals surface area contributed by atoms with Crippen LogP contribution in [-0.4, -0.2) is 54.7 Å². The summed E-state index contributed by atoms with van der Waals surface area (Å²) in [6, 6.07) is 11.8. The van der Waals surface area contributed by atoms with Crippen LogP contribution in [0.2, 0.25) is 5.02 Å². The SMILES string of the molecule is CCCC(=O)OC[C@@H]1CO[C@H](CCc2c(F)cncc2CC(=O)[C@@H](N)[C@@H](c2ccc(F)cc2)c2cccc(Cl)c2)CN1. The number of nitrogens with two attached hydrogens (primary N) is 1. The lowest BCUT2D eigenvalue weighted by Gasteiger charge is -2.30. The molecule has 3 aromatic rings. The lowest BCUT2D eigenvalue weighted by atomic mass is 9.82. The first kappa shape index (κ1) is 31.7. The van der Waals surface area contributed by atoms with Crippen LogP contribution in [0.25, 0.3) is 0 Å². The van der Waals surface area contributed by atoms with E-state index in [-0.39, 0.29) is 36.9 Å². The molecular formula is C32H36ClF2N3O4. The van der Waals surface area contributed by atoms with Crippen molar-refractivity contribution in [3.05, 3.63) is 99.8 Å². The molecule has 4 atom stereocenters. The van der Waals surface area contributed by atoms with Crippen molar-refractivity contribution in [2.75, 3.05) is 19.8 Å². The van der Waals surface area contributed by atoms with Crippen molar-refractivity contribution in [3.8, 4) is 0 Å². The van der Waals surface area contributed by atoms with Crippen LogP contribution in [0.1, 0.15) is 54.4 Å². The first-order chi connectivity index (χ1) is 20.2. The highest BCUT2D eigenvalue weighted by molar-refractivity contribution is 6.30. The topological polar surface area (TPSA) is 104 Å². The van der Waals surface area contributed by atoms with Gasteiger partial charge in [-0.15, -0.1) is 0 Å². The van der Waals surface area contributed by atoms with Crippen LogP contribution in [0.15, 0.2) is 60.9 Å². The van der Waals surface area contributed by atoms with Crippen LogP contribution in [0.3, 0.4) is 0 Å². The van der Waals surface area contributed by atoms with Gasteiger partial charge in [0.1, 0.15) is 18.2 Å². The summed E-state index contributed by atoms with van der Waals surface area (Å²) in [5.74, 6) is -2.02. The van der Waals surface area contributed by atoms with Crippen LogP contribution in [-0.2, 0) is 31.9 Å². The summed E-state index contributed by atoms with van der Waals surface area (Å²) in [6.07, 6.45) is 4.32. The smallest absolute Gasteiger partial charge is 0.305 e. The van der Waals surface area contributed by atoms with Crippen LogP contribution in [0.5, 0.6) is 0 Å². The van der Waals surface area contributed by atoms with Gasteiger partial charge in [0.15, 0.2) is 5.78 Å². The van der Waals surface area contributed by atoms with Gasteiger partial charge in [-0.05, 0) is 65.8 Å². The molecule has 4 rings (SSSR count). The number of rotatable bonds is 13. The summed E-state index contributed by atoms with van der Waals surface area (Å²) < 4.78 is 39.8. The highest BCUT2D eigenvalue weighted by Crippen LogP contribution is 2.30. The van der Waals surface area contributed by atoms with Crippen LogP contribution in [0, 0.1) is 11.6 Å². The number of benzene rings is 2. The lowest BCUT2D eigenvalue weighted by Crippen LogP contribution is -2.49. The average molecular weight is 600 g/mol. The number of carbonyl (C=O) groups excluding carboxylic acids is 2. The number of ether oxygens (including phenoxy) is 2. The molecule has 0 saturated carbocycles. The van der Waals surface area contributed by atoms with E-state index >= 15 is 0 Å². The summed E-state index contributed by atoms with van der Waals surface area (Å²) in [5, 5.41) is 3.80. The predicted octanol–water partition coefficient (Wildman–Crippen LogP) is 4.92. The van der Waals surface area contributed by atoms with Crippen molar-refractivity contribution in [1.29, 1.82) is 0 Å². The number of hydrogen-bond donors (Lipinski definition) is 2. The molecular weight excluding hydrogens is 564 g/mol. The van der Waals surface area contributed by atoms with Crippen molar-refractivity contribution in [3.63, 3.8) is 0 Å². The third-order valence-corrected chi connectivity index (χ3v) is 7.65. The second kappa shape index (κ2) is 15.3. The van der Waals surface area contributed by atoms with E-state index < -0.39 is 23.6 Å². The van der Waals surface area contributed by atoms with E-state index in [4.69, 9.17) is 26.8 Å². The minimum Gasteiger partial charge on any atom is -0.464 e. The maximum absolute atomic E-state index is 15.0. The second-order valence-electron chi connectivity index (χ2n) is 10.5. The van der Waals surface area contributed by atoms with Crippen molar-refractivity contribution in [2.45, 2.75) is 63.1 Å². The molecule has 224 valence electrons. The molecule has 10 heteroatoms. The lowest BCUT2D eigenvalue weighted by molar-refractivity contribution is -0.145. The summed E-state index contributed by atoms with van der Waals surface area (Å²) in [5.41, 5.74) is 8.79. The Morgan fingerprint density at radius 3 is 2.64 bits per heavy atom. The number of halogens is 3. The van der Waals surface area contributed by atoms with Crippen molar-refractivity contribution in [1.82, 2.24) is 10.3 Å². The van der Waals surface area contributed by atoms with E-state index in [2.05, 4.69) is 10.3 Å². The minimum atomic E-state index is -1.00. The van der Waals surface area contributed by atoms with Gasteiger partial charge in [-0.25, -0.2) is 8.78 Å². The van der Waals surface area contributed by atoms with Crippen LogP contribution >= 0.6 is 11.6 Å².